The van der Waals surface area contributed by atoms with Crippen molar-refractivity contribution in [3.63, 3.8) is 0 Å². The molecule has 3 aromatic rings. The van der Waals surface area contributed by atoms with Crippen LogP contribution in [0.15, 0.2) is 54.6 Å². The van der Waals surface area contributed by atoms with Gasteiger partial charge in [0.15, 0.2) is 0 Å². The molecule has 2 fully saturated rings. The summed E-state index contributed by atoms with van der Waals surface area (Å²) in [6, 6.07) is 20.0. The van der Waals surface area contributed by atoms with Crippen LogP contribution in [0.3, 0.4) is 0 Å². The largest absolute Gasteiger partial charge is 0.465 e. The predicted octanol–water partition coefficient (Wildman–Crippen LogP) is 4.87. The van der Waals surface area contributed by atoms with E-state index in [4.69, 9.17) is 4.74 Å². The minimum absolute atomic E-state index is 0.0224. The van der Waals surface area contributed by atoms with Gasteiger partial charge >= 0.3 is 5.97 Å². The fourth-order valence-electron chi connectivity index (χ4n) is 6.78. The number of benzene rings is 2. The van der Waals surface area contributed by atoms with Crippen LogP contribution in [0.2, 0.25) is 0 Å². The average molecular weight is 415 g/mol. The van der Waals surface area contributed by atoms with Gasteiger partial charge in [-0.25, -0.2) is 0 Å². The number of nitrogens with zero attached hydrogens (tertiary/aromatic N) is 2. The van der Waals surface area contributed by atoms with Gasteiger partial charge in [-0.3, -0.25) is 9.69 Å². The van der Waals surface area contributed by atoms with Crippen LogP contribution in [0.25, 0.3) is 10.9 Å². The fourth-order valence-corrected chi connectivity index (χ4v) is 6.78. The van der Waals surface area contributed by atoms with Gasteiger partial charge in [0.25, 0.3) is 0 Å². The highest BCUT2D eigenvalue weighted by Gasteiger charge is 2.54. The van der Waals surface area contributed by atoms with Crippen LogP contribution >= 0.6 is 0 Å². The molecule has 4 nitrogen and oxygen atoms in total. The summed E-state index contributed by atoms with van der Waals surface area (Å²) in [5, 5.41) is 1.35. The molecule has 0 N–H and O–H groups in total. The number of carbonyl (C=O) groups is 1. The Morgan fingerprint density at radius 1 is 1.06 bits per heavy atom. The number of esters is 1. The van der Waals surface area contributed by atoms with E-state index in [1.54, 1.807) is 0 Å². The molecule has 5 atom stereocenters. The van der Waals surface area contributed by atoms with Crippen LogP contribution < -0.4 is 0 Å². The third kappa shape index (κ3) is 2.81. The van der Waals surface area contributed by atoms with Gasteiger partial charge in [-0.2, -0.15) is 0 Å². The third-order valence-corrected chi connectivity index (χ3v) is 8.24. The van der Waals surface area contributed by atoms with Gasteiger partial charge in [0, 0.05) is 36.2 Å². The Bertz CT molecular complexity index is 1130. The lowest BCUT2D eigenvalue weighted by atomic mass is 9.64. The van der Waals surface area contributed by atoms with E-state index in [0.717, 1.165) is 25.8 Å². The quantitative estimate of drug-likeness (QED) is 0.574. The zero-order valence-corrected chi connectivity index (χ0v) is 18.3. The molecule has 2 aromatic carbocycles. The molecule has 3 aliphatic heterocycles. The summed E-state index contributed by atoms with van der Waals surface area (Å²) < 4.78 is 8.17. The number of piperidine rings is 1. The molecule has 160 valence electrons. The van der Waals surface area contributed by atoms with E-state index in [1.165, 1.54) is 27.7 Å². The number of carbonyl (C=O) groups excluding carboxylic acids is 1. The zero-order chi connectivity index (χ0) is 21.1. The van der Waals surface area contributed by atoms with Crippen molar-refractivity contribution in [2.24, 2.45) is 24.8 Å². The van der Waals surface area contributed by atoms with E-state index in [-0.39, 0.29) is 17.9 Å². The molecule has 0 aliphatic carbocycles. The van der Waals surface area contributed by atoms with Crippen LogP contribution in [0, 0.1) is 17.8 Å². The van der Waals surface area contributed by atoms with E-state index in [9.17, 15) is 4.79 Å². The lowest BCUT2D eigenvalue weighted by Gasteiger charge is -2.55. The van der Waals surface area contributed by atoms with Gasteiger partial charge in [0.05, 0.1) is 18.6 Å². The smallest absolute Gasteiger partial charge is 0.310 e. The summed E-state index contributed by atoms with van der Waals surface area (Å²) in [5.41, 5.74) is 5.52. The molecule has 3 aliphatic rings. The maximum Gasteiger partial charge on any atom is 0.310 e. The highest BCUT2D eigenvalue weighted by Crippen LogP contribution is 2.53. The molecule has 0 spiro atoms. The van der Waals surface area contributed by atoms with E-state index in [2.05, 4.69) is 78.0 Å². The average Bonchev–Trinajstić information content (AvgIpc) is 3.07. The number of cyclic esters (lactones) is 1. The van der Waals surface area contributed by atoms with Gasteiger partial charge in [-0.15, -0.1) is 0 Å². The molecule has 4 heterocycles. The number of aromatic nitrogens is 1. The Morgan fingerprint density at radius 3 is 2.65 bits per heavy atom. The Labute approximate surface area is 183 Å². The van der Waals surface area contributed by atoms with Crippen molar-refractivity contribution in [3.05, 3.63) is 71.4 Å². The summed E-state index contributed by atoms with van der Waals surface area (Å²) in [5.74, 6) is 0.896. The predicted molar refractivity (Wildman–Crippen MR) is 121 cm³/mol. The molecule has 0 radical (unpaired) electrons. The number of ether oxygens (including phenoxy) is 1. The second-order valence-corrected chi connectivity index (χ2v) is 9.61. The summed E-state index contributed by atoms with van der Waals surface area (Å²) >= 11 is 0. The van der Waals surface area contributed by atoms with Gasteiger partial charge in [-0.05, 0) is 48.3 Å². The van der Waals surface area contributed by atoms with E-state index < -0.39 is 0 Å². The molecule has 1 aromatic heterocycles. The monoisotopic (exact) mass is 414 g/mol. The molecule has 6 rings (SSSR count). The van der Waals surface area contributed by atoms with Crippen LogP contribution in [-0.2, 0) is 29.5 Å². The Hall–Kier alpha value is -2.59. The molecular weight excluding hydrogens is 384 g/mol. The van der Waals surface area contributed by atoms with Crippen molar-refractivity contribution in [1.82, 2.24) is 9.47 Å². The second kappa shape index (κ2) is 7.23. The minimum Gasteiger partial charge on any atom is -0.465 e. The lowest BCUT2D eigenvalue weighted by Crippen LogP contribution is -2.60. The molecule has 0 amide bonds. The SMILES string of the molecule is CCC1COC(=O)[C@H]2[C@H]1C[C@H]1c3c(c4ccccc4n3C)C[C@@H]2N1Cc1ccccc1. The fraction of sp³-hybridized carbons (Fsp3) is 0.444. The Balaban J connectivity index is 1.51. The van der Waals surface area contributed by atoms with Crippen molar-refractivity contribution in [1.29, 1.82) is 0 Å². The number of hydrogen-bond donors (Lipinski definition) is 0. The number of para-hydroxylation sites is 1. The van der Waals surface area contributed by atoms with Crippen LogP contribution in [-0.4, -0.2) is 28.1 Å². The van der Waals surface area contributed by atoms with Crippen LogP contribution in [0.4, 0.5) is 0 Å². The van der Waals surface area contributed by atoms with Crippen LogP contribution in [0.1, 0.15) is 42.6 Å². The first-order valence-electron chi connectivity index (χ1n) is 11.7. The van der Waals surface area contributed by atoms with Crippen molar-refractivity contribution in [2.75, 3.05) is 6.61 Å². The summed E-state index contributed by atoms with van der Waals surface area (Å²) in [7, 11) is 2.22. The number of hydrogen-bond acceptors (Lipinski definition) is 3. The van der Waals surface area contributed by atoms with E-state index >= 15 is 0 Å². The minimum atomic E-state index is -0.0224. The number of fused-ring (bicyclic) bond motifs is 8. The second-order valence-electron chi connectivity index (χ2n) is 9.61. The first kappa shape index (κ1) is 19.1. The Kier molecular flexibility index (Phi) is 4.46. The normalized spacial score (nSPS) is 30.0. The standard InChI is InChI=1S/C27H30N2O2/c1-3-18-16-31-27(30)25-20(18)13-24-26-21(19-11-7-8-12-22(19)28(26)2)14-23(25)29(24)15-17-9-5-4-6-10-17/h4-12,18,20,23-25H,3,13-16H2,1-2H3/t18?,20-,23-,24-,25-/m0/s1. The molecule has 4 heteroatoms. The van der Waals surface area contributed by atoms with Crippen molar-refractivity contribution in [3.8, 4) is 0 Å². The van der Waals surface area contributed by atoms with Crippen molar-refractivity contribution >= 4 is 16.9 Å². The van der Waals surface area contributed by atoms with Crippen molar-refractivity contribution in [2.45, 2.75) is 44.8 Å². The van der Waals surface area contributed by atoms with Crippen molar-refractivity contribution < 1.29 is 9.53 Å². The Morgan fingerprint density at radius 2 is 1.84 bits per heavy atom. The molecule has 1 unspecified atom stereocenters. The molecule has 31 heavy (non-hydrogen) atoms. The van der Waals surface area contributed by atoms with Gasteiger partial charge < -0.3 is 9.30 Å². The van der Waals surface area contributed by atoms with Crippen LogP contribution in [0.5, 0.6) is 0 Å². The molecular formula is C27H30N2O2. The maximum absolute atomic E-state index is 13.1. The van der Waals surface area contributed by atoms with E-state index in [1.807, 2.05) is 0 Å². The highest BCUT2D eigenvalue weighted by atomic mass is 16.5. The molecule has 0 saturated carbocycles. The first-order valence-corrected chi connectivity index (χ1v) is 11.7. The summed E-state index contributed by atoms with van der Waals surface area (Å²) in [6.07, 6.45) is 3.04. The van der Waals surface area contributed by atoms with Gasteiger partial charge in [0.1, 0.15) is 0 Å². The third-order valence-electron chi connectivity index (χ3n) is 8.24. The molecule has 2 bridgehead atoms. The van der Waals surface area contributed by atoms with Gasteiger partial charge in [0.2, 0.25) is 0 Å². The maximum atomic E-state index is 13.1. The molecule has 2 saturated heterocycles. The zero-order valence-electron chi connectivity index (χ0n) is 18.3. The number of rotatable bonds is 3. The summed E-state index contributed by atoms with van der Waals surface area (Å²) in [6.45, 7) is 3.72. The van der Waals surface area contributed by atoms with Gasteiger partial charge in [-0.1, -0.05) is 55.5 Å². The highest BCUT2D eigenvalue weighted by molar-refractivity contribution is 5.86. The van der Waals surface area contributed by atoms with E-state index in [0.29, 0.717) is 24.5 Å². The lowest BCUT2D eigenvalue weighted by molar-refractivity contribution is -0.176. The summed E-state index contributed by atoms with van der Waals surface area (Å²) in [4.78, 5) is 15.7. The topological polar surface area (TPSA) is 34.5 Å². The first-order chi connectivity index (χ1) is 15.2. The number of aryl methyl sites for hydroxylation is 1.